The molecule has 5 rings (SSSR count). The molecule has 38 heavy (non-hydrogen) atoms. The molecule has 0 bridgehead atoms. The summed E-state index contributed by atoms with van der Waals surface area (Å²) in [5.74, 6) is -1.52. The number of barbiturate groups is 1. The monoisotopic (exact) mass is 526 g/mol. The minimum atomic E-state index is -0.782. The number of imide groups is 2. The maximum Gasteiger partial charge on any atom is 0.343 e. The molecule has 0 saturated carbocycles. The molecule has 3 aromatic carbocycles. The van der Waals surface area contributed by atoms with E-state index in [4.69, 9.17) is 20.8 Å². The number of hydrogen-bond acceptors (Lipinski definition) is 6. The molecule has 0 atom stereocenters. The molecule has 0 radical (unpaired) electrons. The molecule has 2 heterocycles. The van der Waals surface area contributed by atoms with Gasteiger partial charge in [-0.15, -0.1) is 0 Å². The van der Waals surface area contributed by atoms with Crippen LogP contribution in [-0.4, -0.2) is 30.9 Å². The van der Waals surface area contributed by atoms with Gasteiger partial charge >= 0.3 is 12.0 Å². The predicted octanol–water partition coefficient (Wildman–Crippen LogP) is 5.97. The average molecular weight is 527 g/mol. The largest absolute Gasteiger partial charge is 0.465 e. The summed E-state index contributed by atoms with van der Waals surface area (Å²) in [5, 5.41) is 0.179. The molecule has 1 aromatic heterocycles. The first-order valence-electron chi connectivity index (χ1n) is 11.4. The Labute approximate surface area is 222 Å². The van der Waals surface area contributed by atoms with Crippen molar-refractivity contribution >= 4 is 52.9 Å². The molecular weight excluding hydrogens is 508 g/mol. The van der Waals surface area contributed by atoms with Crippen LogP contribution in [0.2, 0.25) is 5.02 Å². The fourth-order valence-corrected chi connectivity index (χ4v) is 4.27. The minimum Gasteiger partial charge on any atom is -0.465 e. The lowest BCUT2D eigenvalue weighted by Gasteiger charge is -2.33. The first kappa shape index (κ1) is 24.7. The fourth-order valence-electron chi connectivity index (χ4n) is 4.01. The van der Waals surface area contributed by atoms with Crippen molar-refractivity contribution in [2.45, 2.75) is 0 Å². The molecule has 1 aliphatic rings. The number of carbonyl (C=O) groups excluding carboxylic acids is 4. The number of rotatable bonds is 5. The number of para-hydroxylation sites is 2. The Morgan fingerprint density at radius 3 is 1.92 bits per heavy atom. The van der Waals surface area contributed by atoms with E-state index in [0.29, 0.717) is 22.7 Å². The first-order chi connectivity index (χ1) is 18.4. The number of halogens is 1. The van der Waals surface area contributed by atoms with Gasteiger partial charge in [0.25, 0.3) is 11.8 Å². The van der Waals surface area contributed by atoms with Gasteiger partial charge in [-0.1, -0.05) is 54.1 Å². The van der Waals surface area contributed by atoms with Crippen LogP contribution in [-0.2, 0) is 14.3 Å². The number of methoxy groups -OCH3 is 1. The van der Waals surface area contributed by atoms with Crippen molar-refractivity contribution in [2.24, 2.45) is 0 Å². The van der Waals surface area contributed by atoms with Gasteiger partial charge in [-0.25, -0.2) is 19.4 Å². The number of nitrogens with zero attached hydrogens (tertiary/aromatic N) is 2. The van der Waals surface area contributed by atoms with E-state index in [1.807, 2.05) is 0 Å². The van der Waals surface area contributed by atoms with Crippen molar-refractivity contribution in [3.63, 3.8) is 0 Å². The number of amides is 4. The first-order valence-corrected chi connectivity index (χ1v) is 11.8. The fraction of sp³-hybridized carbons (Fsp3) is 0.0345. The predicted molar refractivity (Wildman–Crippen MR) is 142 cm³/mol. The number of carbonyl (C=O) groups is 4. The molecule has 4 aromatic rings. The maximum atomic E-state index is 13.5. The highest BCUT2D eigenvalue weighted by Gasteiger charge is 2.43. The zero-order chi connectivity index (χ0) is 26.8. The second kappa shape index (κ2) is 10.2. The Bertz CT molecular complexity index is 1530. The molecule has 9 heteroatoms. The summed E-state index contributed by atoms with van der Waals surface area (Å²) in [6.45, 7) is 0. The number of hydrogen-bond donors (Lipinski definition) is 0. The van der Waals surface area contributed by atoms with Crippen molar-refractivity contribution < 1.29 is 28.3 Å². The lowest BCUT2D eigenvalue weighted by atomic mass is 10.1. The van der Waals surface area contributed by atoms with Crippen LogP contribution in [0.5, 0.6) is 0 Å². The Kier molecular flexibility index (Phi) is 6.64. The summed E-state index contributed by atoms with van der Waals surface area (Å²) in [7, 11) is 1.26. The van der Waals surface area contributed by atoms with Gasteiger partial charge in [0.05, 0.1) is 29.1 Å². The Morgan fingerprint density at radius 2 is 1.39 bits per heavy atom. The van der Waals surface area contributed by atoms with Crippen molar-refractivity contribution in [1.82, 2.24) is 0 Å². The minimum absolute atomic E-state index is 0.179. The van der Waals surface area contributed by atoms with Crippen LogP contribution >= 0.6 is 11.6 Å². The summed E-state index contributed by atoms with van der Waals surface area (Å²) in [6.07, 6.45) is 1.30. The van der Waals surface area contributed by atoms with Crippen molar-refractivity contribution in [3.05, 3.63) is 113 Å². The Morgan fingerprint density at radius 1 is 0.816 bits per heavy atom. The van der Waals surface area contributed by atoms with E-state index in [1.54, 1.807) is 84.9 Å². The van der Waals surface area contributed by atoms with Gasteiger partial charge in [-0.05, 0) is 54.6 Å². The maximum absolute atomic E-state index is 13.5. The van der Waals surface area contributed by atoms with Crippen molar-refractivity contribution in [1.29, 1.82) is 0 Å². The Balaban J connectivity index is 1.54. The molecule has 0 spiro atoms. The number of furan rings is 1. The highest BCUT2D eigenvalue weighted by Crippen LogP contribution is 2.32. The van der Waals surface area contributed by atoms with E-state index in [9.17, 15) is 19.2 Å². The summed E-state index contributed by atoms with van der Waals surface area (Å²) in [4.78, 5) is 54.0. The number of anilines is 2. The summed E-state index contributed by atoms with van der Waals surface area (Å²) >= 11 is 6.23. The van der Waals surface area contributed by atoms with Crippen LogP contribution in [0.3, 0.4) is 0 Å². The summed E-state index contributed by atoms with van der Waals surface area (Å²) in [6, 6.07) is 23.9. The zero-order valence-corrected chi connectivity index (χ0v) is 20.7. The number of urea groups is 1. The average Bonchev–Trinajstić information content (AvgIpc) is 3.41. The number of benzene rings is 3. The topological polar surface area (TPSA) is 97.1 Å². The molecule has 4 amide bonds. The van der Waals surface area contributed by atoms with Crippen LogP contribution < -0.4 is 9.80 Å². The molecule has 1 aliphatic heterocycles. The highest BCUT2D eigenvalue weighted by atomic mass is 35.5. The van der Waals surface area contributed by atoms with E-state index < -0.39 is 23.8 Å². The zero-order valence-electron chi connectivity index (χ0n) is 20.0. The van der Waals surface area contributed by atoms with E-state index >= 15 is 0 Å². The standard InChI is InChI=1S/C29H19ClN2O6/c1-37-28(35)22-14-12-18(16-24(22)30)25-15-13-21(38-25)17-23-26(33)31(19-8-4-2-5-9-19)29(36)32(27(23)34)20-10-6-3-7-11-20/h2-17H,1H3. The summed E-state index contributed by atoms with van der Waals surface area (Å²) in [5.41, 5.74) is 1.17. The van der Waals surface area contributed by atoms with Crippen LogP contribution in [0.4, 0.5) is 16.2 Å². The van der Waals surface area contributed by atoms with E-state index in [0.717, 1.165) is 9.80 Å². The van der Waals surface area contributed by atoms with Gasteiger partial charge in [-0.3, -0.25) is 9.59 Å². The number of esters is 1. The smallest absolute Gasteiger partial charge is 0.343 e. The van der Waals surface area contributed by atoms with Gasteiger partial charge in [0, 0.05) is 5.56 Å². The molecular formula is C29H19ClN2O6. The summed E-state index contributed by atoms with van der Waals surface area (Å²) < 4.78 is 10.6. The van der Waals surface area contributed by atoms with Gasteiger partial charge in [-0.2, -0.15) is 0 Å². The second-order valence-electron chi connectivity index (χ2n) is 8.18. The van der Waals surface area contributed by atoms with E-state index in [1.165, 1.54) is 19.3 Å². The SMILES string of the molecule is COC(=O)c1ccc(-c2ccc(C=C3C(=O)N(c4ccccc4)C(=O)N(c4ccccc4)C3=O)o2)cc1Cl. The normalized spacial score (nSPS) is 13.6. The van der Waals surface area contributed by atoms with Gasteiger partial charge in [0.1, 0.15) is 17.1 Å². The molecule has 0 unspecified atom stereocenters. The Hall–Kier alpha value is -4.95. The third-order valence-electron chi connectivity index (χ3n) is 5.85. The molecule has 188 valence electrons. The van der Waals surface area contributed by atoms with Crippen LogP contribution in [0.15, 0.2) is 101 Å². The van der Waals surface area contributed by atoms with Crippen molar-refractivity contribution in [2.75, 3.05) is 16.9 Å². The molecule has 0 aliphatic carbocycles. The molecule has 0 N–H and O–H groups in total. The van der Waals surface area contributed by atoms with Gasteiger partial charge in [0.15, 0.2) is 0 Å². The third kappa shape index (κ3) is 4.49. The van der Waals surface area contributed by atoms with E-state index in [2.05, 4.69) is 0 Å². The lowest BCUT2D eigenvalue weighted by Crippen LogP contribution is -2.57. The van der Waals surface area contributed by atoms with Gasteiger partial charge < -0.3 is 9.15 Å². The lowest BCUT2D eigenvalue weighted by molar-refractivity contribution is -0.121. The quantitative estimate of drug-likeness (QED) is 0.180. The molecule has 1 saturated heterocycles. The van der Waals surface area contributed by atoms with Crippen LogP contribution in [0.1, 0.15) is 16.1 Å². The van der Waals surface area contributed by atoms with E-state index in [-0.39, 0.29) is 21.9 Å². The molecule has 8 nitrogen and oxygen atoms in total. The van der Waals surface area contributed by atoms with Crippen LogP contribution in [0.25, 0.3) is 17.4 Å². The number of ether oxygens (including phenoxy) is 1. The molecule has 1 fully saturated rings. The highest BCUT2D eigenvalue weighted by molar-refractivity contribution is 6.46. The van der Waals surface area contributed by atoms with Gasteiger partial charge in [0.2, 0.25) is 0 Å². The second-order valence-corrected chi connectivity index (χ2v) is 8.59. The van der Waals surface area contributed by atoms with Crippen molar-refractivity contribution in [3.8, 4) is 11.3 Å². The third-order valence-corrected chi connectivity index (χ3v) is 6.16. The van der Waals surface area contributed by atoms with Crippen LogP contribution in [0, 0.1) is 0 Å².